The number of aromatic hydroxyl groups is 1. The van der Waals surface area contributed by atoms with Crippen LogP contribution in [-0.4, -0.2) is 61.0 Å². The van der Waals surface area contributed by atoms with Crippen LogP contribution < -0.4 is 4.74 Å². The second-order valence-electron chi connectivity index (χ2n) is 7.67. The van der Waals surface area contributed by atoms with E-state index in [9.17, 15) is 9.90 Å². The summed E-state index contributed by atoms with van der Waals surface area (Å²) in [4.78, 5) is 14.6. The topological polar surface area (TPSA) is 68.2 Å². The number of ether oxygens (including phenoxy) is 3. The van der Waals surface area contributed by atoms with Crippen LogP contribution in [0.1, 0.15) is 61.4 Å². The number of hydrogen-bond donors (Lipinski definition) is 1. The second kappa shape index (κ2) is 10.2. The quantitative estimate of drug-likeness (QED) is 0.648. The zero-order valence-electron chi connectivity index (χ0n) is 17.1. The molecule has 28 heavy (non-hydrogen) atoms. The van der Waals surface area contributed by atoms with E-state index in [0.29, 0.717) is 42.6 Å². The van der Waals surface area contributed by atoms with E-state index in [0.717, 1.165) is 45.4 Å². The van der Waals surface area contributed by atoms with Gasteiger partial charge in [0, 0.05) is 31.2 Å². The Balaban J connectivity index is 1.54. The monoisotopic (exact) mass is 391 g/mol. The van der Waals surface area contributed by atoms with Crippen LogP contribution >= 0.6 is 0 Å². The second-order valence-corrected chi connectivity index (χ2v) is 7.67. The number of carbonyl (C=O) groups excluding carboxylic acids is 1. The van der Waals surface area contributed by atoms with Crippen molar-refractivity contribution >= 4 is 5.78 Å². The average Bonchev–Trinajstić information content (AvgIpc) is 3.16. The highest BCUT2D eigenvalue weighted by molar-refractivity contribution is 5.99. The molecule has 0 saturated carbocycles. The smallest absolute Gasteiger partial charge is 0.166 e. The summed E-state index contributed by atoms with van der Waals surface area (Å²) >= 11 is 0. The van der Waals surface area contributed by atoms with Crippen LogP contribution in [0.25, 0.3) is 0 Å². The molecule has 2 saturated heterocycles. The number of likely N-dealkylation sites (tertiary alicyclic amines) is 1. The first-order valence-electron chi connectivity index (χ1n) is 10.6. The van der Waals surface area contributed by atoms with Gasteiger partial charge < -0.3 is 19.3 Å². The van der Waals surface area contributed by atoms with Gasteiger partial charge in [-0.2, -0.15) is 0 Å². The number of rotatable bonds is 9. The molecule has 1 aromatic carbocycles. The summed E-state index contributed by atoms with van der Waals surface area (Å²) in [5.74, 6) is 0.708. The van der Waals surface area contributed by atoms with Crippen molar-refractivity contribution in [3.05, 3.63) is 23.3 Å². The number of phenols is 1. The fraction of sp³-hybridized carbons (Fsp3) is 0.682. The maximum Gasteiger partial charge on any atom is 0.166 e. The van der Waals surface area contributed by atoms with Gasteiger partial charge in [-0.3, -0.25) is 9.69 Å². The zero-order chi connectivity index (χ0) is 19.9. The molecular weight excluding hydrogens is 358 g/mol. The van der Waals surface area contributed by atoms with Crippen molar-refractivity contribution in [2.24, 2.45) is 0 Å². The molecule has 0 amide bonds. The predicted molar refractivity (Wildman–Crippen MR) is 107 cm³/mol. The van der Waals surface area contributed by atoms with Crippen LogP contribution in [0.5, 0.6) is 11.5 Å². The molecule has 1 N–H and O–H groups in total. The molecule has 2 atom stereocenters. The third-order valence-corrected chi connectivity index (χ3v) is 5.74. The summed E-state index contributed by atoms with van der Waals surface area (Å²) in [6.07, 6.45) is 5.84. The average molecular weight is 392 g/mol. The summed E-state index contributed by atoms with van der Waals surface area (Å²) in [6.45, 7) is 7.48. The minimum atomic E-state index is -0.0522. The molecule has 156 valence electrons. The van der Waals surface area contributed by atoms with E-state index >= 15 is 0 Å². The highest BCUT2D eigenvalue weighted by atomic mass is 16.7. The van der Waals surface area contributed by atoms with Gasteiger partial charge in [-0.25, -0.2) is 0 Å². The van der Waals surface area contributed by atoms with Crippen molar-refractivity contribution in [2.75, 3.05) is 32.9 Å². The number of nitrogens with zero attached hydrogens (tertiary/aromatic N) is 1. The Bertz CT molecular complexity index is 657. The van der Waals surface area contributed by atoms with Crippen LogP contribution in [0.4, 0.5) is 0 Å². The van der Waals surface area contributed by atoms with E-state index < -0.39 is 0 Å². The first kappa shape index (κ1) is 21.1. The summed E-state index contributed by atoms with van der Waals surface area (Å²) in [5, 5.41) is 10.0. The number of ketones is 1. The van der Waals surface area contributed by atoms with E-state index in [1.807, 2.05) is 6.92 Å². The van der Waals surface area contributed by atoms with Crippen LogP contribution in [0, 0.1) is 6.92 Å². The van der Waals surface area contributed by atoms with Crippen molar-refractivity contribution in [1.29, 1.82) is 0 Å². The maximum atomic E-state index is 12.2. The van der Waals surface area contributed by atoms with E-state index in [1.54, 1.807) is 19.1 Å². The third kappa shape index (κ3) is 5.25. The lowest BCUT2D eigenvalue weighted by molar-refractivity contribution is -0.164. The van der Waals surface area contributed by atoms with Crippen molar-refractivity contribution in [2.45, 2.75) is 64.7 Å². The molecule has 0 bridgehead atoms. The Morgan fingerprint density at radius 3 is 2.89 bits per heavy atom. The third-order valence-electron chi connectivity index (χ3n) is 5.74. The number of Topliss-reactive ketones (excluding diaryl/α,β-unsaturated/α-hetero) is 1. The molecule has 0 aliphatic carbocycles. The van der Waals surface area contributed by atoms with E-state index in [-0.39, 0.29) is 17.8 Å². The largest absolute Gasteiger partial charge is 0.508 e. The van der Waals surface area contributed by atoms with Crippen molar-refractivity contribution < 1.29 is 24.1 Å². The van der Waals surface area contributed by atoms with Crippen LogP contribution in [0.2, 0.25) is 0 Å². The summed E-state index contributed by atoms with van der Waals surface area (Å²) < 4.78 is 17.6. The zero-order valence-corrected chi connectivity index (χ0v) is 17.1. The van der Waals surface area contributed by atoms with E-state index in [4.69, 9.17) is 14.2 Å². The molecule has 6 nitrogen and oxygen atoms in total. The van der Waals surface area contributed by atoms with Crippen LogP contribution in [0.15, 0.2) is 12.1 Å². The summed E-state index contributed by atoms with van der Waals surface area (Å²) in [6, 6.07) is 3.52. The molecule has 0 aromatic heterocycles. The van der Waals surface area contributed by atoms with Crippen molar-refractivity contribution in [3.8, 4) is 11.5 Å². The van der Waals surface area contributed by atoms with Gasteiger partial charge in [-0.1, -0.05) is 6.92 Å². The molecule has 2 aliphatic rings. The maximum absolute atomic E-state index is 12.2. The Morgan fingerprint density at radius 2 is 2.14 bits per heavy atom. The highest BCUT2D eigenvalue weighted by Gasteiger charge is 2.26. The van der Waals surface area contributed by atoms with Crippen LogP contribution in [0.3, 0.4) is 0 Å². The molecular formula is C22H33NO5. The summed E-state index contributed by atoms with van der Waals surface area (Å²) in [5.41, 5.74) is 1.18. The van der Waals surface area contributed by atoms with Gasteiger partial charge in [0.2, 0.25) is 0 Å². The lowest BCUT2D eigenvalue weighted by Crippen LogP contribution is -2.37. The van der Waals surface area contributed by atoms with Gasteiger partial charge in [0.1, 0.15) is 18.1 Å². The normalized spacial score (nSPS) is 23.1. The molecule has 0 spiro atoms. The van der Waals surface area contributed by atoms with Gasteiger partial charge in [0.15, 0.2) is 12.1 Å². The Morgan fingerprint density at radius 1 is 1.29 bits per heavy atom. The number of hydrogen-bond acceptors (Lipinski definition) is 6. The van der Waals surface area contributed by atoms with Gasteiger partial charge in [0.05, 0.1) is 12.2 Å². The molecule has 1 unspecified atom stereocenters. The van der Waals surface area contributed by atoms with Gasteiger partial charge in [-0.05, 0) is 57.7 Å². The number of phenolic OH excluding ortho intramolecular Hbond substituents is 1. The lowest BCUT2D eigenvalue weighted by atomic mass is 10.0. The molecule has 2 aliphatic heterocycles. The Hall–Kier alpha value is -1.63. The lowest BCUT2D eigenvalue weighted by Gasteiger charge is -2.27. The number of carbonyl (C=O) groups is 1. The molecule has 1 aromatic rings. The highest BCUT2D eigenvalue weighted by Crippen LogP contribution is 2.32. The molecule has 2 heterocycles. The fourth-order valence-electron chi connectivity index (χ4n) is 3.98. The van der Waals surface area contributed by atoms with Gasteiger partial charge in [-0.15, -0.1) is 0 Å². The Kier molecular flexibility index (Phi) is 7.71. The van der Waals surface area contributed by atoms with Gasteiger partial charge >= 0.3 is 0 Å². The minimum absolute atomic E-state index is 0.0299. The predicted octanol–water partition coefficient (Wildman–Crippen LogP) is 3.68. The first-order chi connectivity index (χ1) is 13.6. The molecule has 2 fully saturated rings. The number of benzene rings is 1. The molecule has 6 heteroatoms. The van der Waals surface area contributed by atoms with E-state index in [2.05, 4.69) is 4.90 Å². The van der Waals surface area contributed by atoms with Crippen molar-refractivity contribution in [1.82, 2.24) is 4.90 Å². The van der Waals surface area contributed by atoms with Crippen molar-refractivity contribution in [3.63, 3.8) is 0 Å². The van der Waals surface area contributed by atoms with Crippen LogP contribution in [-0.2, 0) is 9.47 Å². The van der Waals surface area contributed by atoms with E-state index in [1.165, 1.54) is 6.42 Å². The fourth-order valence-corrected chi connectivity index (χ4v) is 3.98. The first-order valence-corrected chi connectivity index (χ1v) is 10.6. The van der Waals surface area contributed by atoms with Gasteiger partial charge in [0.25, 0.3) is 0 Å². The molecule has 0 radical (unpaired) electrons. The standard InChI is InChI=1S/C22H33NO5/c1-3-19(24)18-9-10-20(25)16(2)22(18)28-15-17-7-6-11-23(17)12-14-27-21-8-4-5-13-26-21/h9-10,17,21,25H,3-8,11-15H2,1-2H3/t17-,21?/m1/s1. The summed E-state index contributed by atoms with van der Waals surface area (Å²) in [7, 11) is 0. The SMILES string of the molecule is CCC(=O)c1ccc(O)c(C)c1OC[C@H]1CCCN1CCOC1CCCCO1. The Labute approximate surface area is 167 Å². The minimum Gasteiger partial charge on any atom is -0.508 e. The molecule has 3 rings (SSSR count).